The van der Waals surface area contributed by atoms with Crippen molar-refractivity contribution in [3.8, 4) is 0 Å². The highest BCUT2D eigenvalue weighted by Crippen LogP contribution is 2.09. The number of rotatable bonds is 1. The number of oxime groups is 1. The second-order valence-electron chi connectivity index (χ2n) is 2.65. The molecule has 0 aliphatic heterocycles. The van der Waals surface area contributed by atoms with Crippen molar-refractivity contribution >= 4 is 5.71 Å². The second kappa shape index (κ2) is 3.34. The van der Waals surface area contributed by atoms with Crippen LogP contribution in [0.2, 0.25) is 0 Å². The first-order chi connectivity index (χ1) is 5.65. The molecule has 0 radical (unpaired) electrons. The van der Waals surface area contributed by atoms with Gasteiger partial charge in [0.25, 0.3) is 0 Å². The molecule has 1 rings (SSSR count). The molecule has 0 heterocycles. The minimum Gasteiger partial charge on any atom is -0.411 e. The van der Waals surface area contributed by atoms with E-state index in [0.717, 1.165) is 0 Å². The van der Waals surface area contributed by atoms with Gasteiger partial charge in [-0.2, -0.15) is 0 Å². The van der Waals surface area contributed by atoms with E-state index >= 15 is 0 Å². The average molecular weight is 167 g/mol. The molecule has 64 valence electrons. The Bertz CT molecular complexity index is 320. The molecule has 0 unspecified atom stereocenters. The molecule has 0 fully saturated rings. The Morgan fingerprint density at radius 2 is 2.17 bits per heavy atom. The lowest BCUT2D eigenvalue weighted by atomic mass is 10.1. The summed E-state index contributed by atoms with van der Waals surface area (Å²) in [5.74, 6) is -0.282. The van der Waals surface area contributed by atoms with Crippen LogP contribution in [0.4, 0.5) is 4.39 Å². The van der Waals surface area contributed by atoms with Crippen LogP contribution in [0.15, 0.2) is 23.4 Å². The third-order valence-electron chi connectivity index (χ3n) is 1.74. The fraction of sp³-hybridized carbons (Fsp3) is 0.222. The van der Waals surface area contributed by atoms with Gasteiger partial charge < -0.3 is 5.21 Å². The summed E-state index contributed by atoms with van der Waals surface area (Å²) in [7, 11) is 0. The molecule has 0 atom stereocenters. The number of nitrogens with zero attached hydrogens (tertiary/aromatic N) is 1. The zero-order valence-electron chi connectivity index (χ0n) is 7.00. The smallest absolute Gasteiger partial charge is 0.126 e. The van der Waals surface area contributed by atoms with Gasteiger partial charge in [0, 0.05) is 5.56 Å². The van der Waals surface area contributed by atoms with Crippen LogP contribution in [0, 0.1) is 12.7 Å². The maximum Gasteiger partial charge on any atom is 0.126 e. The highest BCUT2D eigenvalue weighted by Gasteiger charge is 2.01. The van der Waals surface area contributed by atoms with Crippen molar-refractivity contribution in [2.24, 2.45) is 5.16 Å². The molecule has 3 heteroatoms. The number of hydrogen-bond acceptors (Lipinski definition) is 2. The highest BCUT2D eigenvalue weighted by molar-refractivity contribution is 5.98. The molecular weight excluding hydrogens is 157 g/mol. The molecule has 0 amide bonds. The Morgan fingerprint density at radius 1 is 1.50 bits per heavy atom. The Morgan fingerprint density at radius 3 is 2.67 bits per heavy atom. The second-order valence-corrected chi connectivity index (χ2v) is 2.65. The van der Waals surface area contributed by atoms with Crippen molar-refractivity contribution in [2.75, 3.05) is 0 Å². The topological polar surface area (TPSA) is 32.6 Å². The zero-order chi connectivity index (χ0) is 9.14. The number of benzene rings is 1. The maximum atomic E-state index is 12.9. The van der Waals surface area contributed by atoms with E-state index < -0.39 is 0 Å². The summed E-state index contributed by atoms with van der Waals surface area (Å²) in [6, 6.07) is 4.72. The molecule has 0 aliphatic rings. The molecule has 0 saturated heterocycles. The quantitative estimate of drug-likeness (QED) is 0.388. The van der Waals surface area contributed by atoms with E-state index in [-0.39, 0.29) is 5.82 Å². The summed E-state index contributed by atoms with van der Waals surface area (Å²) in [5, 5.41) is 11.4. The van der Waals surface area contributed by atoms with Crippen LogP contribution in [0.25, 0.3) is 0 Å². The molecule has 12 heavy (non-hydrogen) atoms. The summed E-state index contributed by atoms with van der Waals surface area (Å²) in [6.45, 7) is 3.30. The Kier molecular flexibility index (Phi) is 2.43. The summed E-state index contributed by atoms with van der Waals surface area (Å²) in [5.41, 5.74) is 1.60. The maximum absolute atomic E-state index is 12.9. The molecule has 1 aromatic rings. The lowest BCUT2D eigenvalue weighted by molar-refractivity contribution is 0.319. The predicted octanol–water partition coefficient (Wildman–Crippen LogP) is 2.33. The minimum atomic E-state index is -0.282. The molecule has 1 aromatic carbocycles. The molecular formula is C9H10FNO. The van der Waals surface area contributed by atoms with Gasteiger partial charge in [0.15, 0.2) is 0 Å². The van der Waals surface area contributed by atoms with Gasteiger partial charge in [0.05, 0.1) is 5.71 Å². The summed E-state index contributed by atoms with van der Waals surface area (Å²) in [4.78, 5) is 0. The largest absolute Gasteiger partial charge is 0.411 e. The number of aryl methyl sites for hydroxylation is 1. The van der Waals surface area contributed by atoms with Crippen LogP contribution in [-0.2, 0) is 0 Å². The van der Waals surface area contributed by atoms with Crippen molar-refractivity contribution in [1.29, 1.82) is 0 Å². The number of hydrogen-bond donors (Lipinski definition) is 1. The lowest BCUT2D eigenvalue weighted by Gasteiger charge is -2.00. The van der Waals surface area contributed by atoms with E-state index in [9.17, 15) is 4.39 Å². The van der Waals surface area contributed by atoms with Crippen LogP contribution in [0.3, 0.4) is 0 Å². The van der Waals surface area contributed by atoms with Crippen LogP contribution in [0.5, 0.6) is 0 Å². The minimum absolute atomic E-state index is 0.282. The van der Waals surface area contributed by atoms with Gasteiger partial charge in [-0.15, -0.1) is 0 Å². The summed E-state index contributed by atoms with van der Waals surface area (Å²) >= 11 is 0. The van der Waals surface area contributed by atoms with Gasteiger partial charge in [-0.05, 0) is 25.5 Å². The van der Waals surface area contributed by atoms with Gasteiger partial charge >= 0.3 is 0 Å². The summed E-state index contributed by atoms with van der Waals surface area (Å²) in [6.07, 6.45) is 0. The van der Waals surface area contributed by atoms with Gasteiger partial charge in [-0.25, -0.2) is 4.39 Å². The number of halogens is 1. The molecule has 0 spiro atoms. The van der Waals surface area contributed by atoms with Gasteiger partial charge in [0.2, 0.25) is 0 Å². The SMILES string of the molecule is C/C(=N/O)c1ccc(C)c(F)c1. The third-order valence-corrected chi connectivity index (χ3v) is 1.74. The van der Waals surface area contributed by atoms with E-state index in [1.54, 1.807) is 26.0 Å². The van der Waals surface area contributed by atoms with Gasteiger partial charge in [-0.1, -0.05) is 17.3 Å². The first-order valence-electron chi connectivity index (χ1n) is 3.60. The average Bonchev–Trinajstić information content (AvgIpc) is 2.08. The van der Waals surface area contributed by atoms with E-state index in [1.807, 2.05) is 0 Å². The van der Waals surface area contributed by atoms with E-state index in [2.05, 4.69) is 5.16 Å². The fourth-order valence-corrected chi connectivity index (χ4v) is 0.876. The molecule has 0 bridgehead atoms. The summed E-state index contributed by atoms with van der Waals surface area (Å²) < 4.78 is 12.9. The van der Waals surface area contributed by atoms with Crippen molar-refractivity contribution in [1.82, 2.24) is 0 Å². The van der Waals surface area contributed by atoms with E-state index in [1.165, 1.54) is 6.07 Å². The van der Waals surface area contributed by atoms with Crippen LogP contribution < -0.4 is 0 Å². The van der Waals surface area contributed by atoms with Crippen LogP contribution in [0.1, 0.15) is 18.1 Å². The predicted molar refractivity (Wildman–Crippen MR) is 45.1 cm³/mol. The monoisotopic (exact) mass is 167 g/mol. The highest BCUT2D eigenvalue weighted by atomic mass is 19.1. The molecule has 0 aliphatic carbocycles. The van der Waals surface area contributed by atoms with E-state index in [0.29, 0.717) is 16.8 Å². The first kappa shape index (κ1) is 8.71. The van der Waals surface area contributed by atoms with Crippen molar-refractivity contribution in [3.05, 3.63) is 35.1 Å². The van der Waals surface area contributed by atoms with Crippen molar-refractivity contribution in [3.63, 3.8) is 0 Å². The lowest BCUT2D eigenvalue weighted by Crippen LogP contribution is -1.95. The zero-order valence-corrected chi connectivity index (χ0v) is 7.00. The Labute approximate surface area is 70.3 Å². The van der Waals surface area contributed by atoms with Crippen LogP contribution in [-0.4, -0.2) is 10.9 Å². The van der Waals surface area contributed by atoms with E-state index in [4.69, 9.17) is 5.21 Å². The third kappa shape index (κ3) is 1.61. The molecule has 1 N–H and O–H groups in total. The molecule has 0 aromatic heterocycles. The van der Waals surface area contributed by atoms with Crippen LogP contribution >= 0.6 is 0 Å². The van der Waals surface area contributed by atoms with Gasteiger partial charge in [0.1, 0.15) is 5.82 Å². The first-order valence-corrected chi connectivity index (χ1v) is 3.60. The molecule has 2 nitrogen and oxygen atoms in total. The Hall–Kier alpha value is -1.38. The van der Waals surface area contributed by atoms with Crippen molar-refractivity contribution in [2.45, 2.75) is 13.8 Å². The normalized spacial score (nSPS) is 11.8. The molecule has 0 saturated carbocycles. The van der Waals surface area contributed by atoms with Crippen molar-refractivity contribution < 1.29 is 9.60 Å². The standard InChI is InChI=1S/C9H10FNO/c1-6-3-4-8(5-9(6)10)7(2)11-12/h3-5,12H,1-2H3/b11-7-. The Balaban J connectivity index is 3.13. The fourth-order valence-electron chi connectivity index (χ4n) is 0.876. The van der Waals surface area contributed by atoms with Gasteiger partial charge in [-0.3, -0.25) is 0 Å².